The largest absolute Gasteiger partial charge is 1.00 e. The minimum Gasteiger partial charge on any atom is -1.00 e. The highest BCUT2D eigenvalue weighted by molar-refractivity contribution is 8.13. The Morgan fingerprint density at radius 3 is 2.83 bits per heavy atom. The monoisotopic (exact) mass is 457 g/mol. The fourth-order valence-electron chi connectivity index (χ4n) is 4.31. The second-order valence-corrected chi connectivity index (χ2v) is 7.61. The lowest BCUT2D eigenvalue weighted by atomic mass is 9.62. The van der Waals surface area contributed by atoms with Crippen LogP contribution in [0.2, 0.25) is 0 Å². The van der Waals surface area contributed by atoms with E-state index in [1.54, 1.807) is 12.7 Å². The minimum atomic E-state index is 0. The van der Waals surface area contributed by atoms with E-state index in [-0.39, 0.29) is 29.4 Å². The number of halogens is 1. The van der Waals surface area contributed by atoms with Gasteiger partial charge in [0.25, 0.3) is 0 Å². The molecule has 0 amide bonds. The predicted molar refractivity (Wildman–Crippen MR) is 100.0 cm³/mol. The van der Waals surface area contributed by atoms with Gasteiger partial charge in [-0.3, -0.25) is 0 Å². The van der Waals surface area contributed by atoms with E-state index in [9.17, 15) is 0 Å². The molecule has 132 valence electrons. The van der Waals surface area contributed by atoms with Gasteiger partial charge in [-0.1, -0.05) is 36.9 Å². The van der Waals surface area contributed by atoms with Crippen LogP contribution in [0, 0.1) is 5.92 Å². The average molecular weight is 457 g/mol. The van der Waals surface area contributed by atoms with Crippen molar-refractivity contribution in [2.75, 3.05) is 26.5 Å². The highest BCUT2D eigenvalue weighted by Crippen LogP contribution is 2.49. The Hall–Kier alpha value is -0.490. The number of nitrogens with zero attached hydrogens (tertiary/aromatic N) is 1. The van der Waals surface area contributed by atoms with Crippen LogP contribution in [0.25, 0.3) is 0 Å². The van der Waals surface area contributed by atoms with E-state index in [0.717, 1.165) is 24.8 Å². The summed E-state index contributed by atoms with van der Waals surface area (Å²) >= 11 is 1.91. The van der Waals surface area contributed by atoms with E-state index in [2.05, 4.69) is 55.0 Å². The fourth-order valence-corrected chi connectivity index (χ4v) is 5.29. The third-order valence-electron chi connectivity index (χ3n) is 5.46. The van der Waals surface area contributed by atoms with Crippen molar-refractivity contribution in [2.24, 2.45) is 5.92 Å². The molecule has 0 saturated heterocycles. The third kappa shape index (κ3) is 3.41. The van der Waals surface area contributed by atoms with Gasteiger partial charge in [0.05, 0.1) is 7.11 Å². The van der Waals surface area contributed by atoms with E-state index in [1.807, 2.05) is 11.8 Å². The van der Waals surface area contributed by atoms with Gasteiger partial charge in [-0.15, -0.1) is 0 Å². The quantitative estimate of drug-likeness (QED) is 0.504. The molecule has 4 heteroatoms. The molecule has 2 nitrogen and oxygen atoms in total. The number of benzene rings is 1. The highest BCUT2D eigenvalue weighted by atomic mass is 127. The Labute approximate surface area is 167 Å². The molecule has 0 N–H and O–H groups in total. The number of hydrogen-bond acceptors (Lipinski definition) is 2. The van der Waals surface area contributed by atoms with Crippen molar-refractivity contribution in [2.45, 2.75) is 38.5 Å². The molecule has 3 rings (SSSR count). The van der Waals surface area contributed by atoms with Gasteiger partial charge in [0.15, 0.2) is 0 Å². The summed E-state index contributed by atoms with van der Waals surface area (Å²) in [5, 5.41) is 1.48. The molecule has 0 unspecified atom stereocenters. The standard InChI is InChI=1S/C20H28NOS.HI/c1-5-21-12-11-20(16-7-6-8-17(13-16)22-3)14-15(2)9-10-18(20)19(21)23-4;/h6-8,10,13,15H,5,9,11-12,14H2,1-4H3;1H/q+1;/p-1/t15-,20+;/m0./s1. The maximum absolute atomic E-state index is 5.50. The van der Waals surface area contributed by atoms with Crippen molar-refractivity contribution in [3.8, 4) is 5.75 Å². The van der Waals surface area contributed by atoms with Crippen LogP contribution < -0.4 is 28.7 Å². The summed E-state index contributed by atoms with van der Waals surface area (Å²) in [5.74, 6) is 1.71. The molecule has 0 spiro atoms. The molecule has 1 aliphatic heterocycles. The van der Waals surface area contributed by atoms with Crippen LogP contribution in [0.15, 0.2) is 35.9 Å². The van der Waals surface area contributed by atoms with Gasteiger partial charge < -0.3 is 28.7 Å². The van der Waals surface area contributed by atoms with Crippen molar-refractivity contribution in [1.29, 1.82) is 0 Å². The van der Waals surface area contributed by atoms with E-state index in [4.69, 9.17) is 4.74 Å². The van der Waals surface area contributed by atoms with Crippen LogP contribution in [0.4, 0.5) is 0 Å². The number of fused-ring (bicyclic) bond motifs is 1. The zero-order valence-corrected chi connectivity index (χ0v) is 18.1. The van der Waals surface area contributed by atoms with Crippen LogP contribution in [-0.4, -0.2) is 36.1 Å². The van der Waals surface area contributed by atoms with E-state index in [0.29, 0.717) is 0 Å². The molecule has 0 bridgehead atoms. The summed E-state index contributed by atoms with van der Waals surface area (Å²) < 4.78 is 8.05. The number of allylic oxidation sites excluding steroid dienone is 1. The Balaban J connectivity index is 0.00000208. The maximum atomic E-state index is 5.50. The van der Waals surface area contributed by atoms with Gasteiger partial charge in [0.2, 0.25) is 5.04 Å². The van der Waals surface area contributed by atoms with Crippen molar-refractivity contribution in [3.05, 3.63) is 41.5 Å². The normalized spacial score (nSPS) is 26.3. The lowest BCUT2D eigenvalue weighted by Gasteiger charge is -2.43. The molecule has 1 aromatic rings. The SMILES string of the molecule is CC[N+]1=C(SC)C2=CC[C@H](C)C[C@@]2(c2cccc(OC)c2)CC1.[I-]. The van der Waals surface area contributed by atoms with Crippen molar-refractivity contribution in [1.82, 2.24) is 0 Å². The van der Waals surface area contributed by atoms with Gasteiger partial charge >= 0.3 is 0 Å². The van der Waals surface area contributed by atoms with E-state index < -0.39 is 0 Å². The Bertz CT molecular complexity index is 655. The number of hydrogen-bond donors (Lipinski definition) is 0. The molecule has 2 aliphatic rings. The second kappa shape index (κ2) is 8.26. The van der Waals surface area contributed by atoms with E-state index in [1.165, 1.54) is 29.9 Å². The molecule has 24 heavy (non-hydrogen) atoms. The summed E-state index contributed by atoms with van der Waals surface area (Å²) in [6.07, 6.45) is 8.38. The van der Waals surface area contributed by atoms with Crippen LogP contribution in [0.1, 0.15) is 38.7 Å². The first-order valence-electron chi connectivity index (χ1n) is 8.66. The minimum absolute atomic E-state index is 0. The number of thioether (sulfide) groups is 1. The zero-order valence-electron chi connectivity index (χ0n) is 15.1. The molecule has 1 aliphatic carbocycles. The summed E-state index contributed by atoms with van der Waals surface area (Å²) in [5.41, 5.74) is 3.15. The maximum Gasteiger partial charge on any atom is 0.238 e. The summed E-state index contributed by atoms with van der Waals surface area (Å²) in [4.78, 5) is 0. The van der Waals surface area contributed by atoms with Crippen LogP contribution in [-0.2, 0) is 5.41 Å². The molecule has 0 fully saturated rings. The van der Waals surface area contributed by atoms with Crippen molar-refractivity contribution < 1.29 is 33.3 Å². The summed E-state index contributed by atoms with van der Waals surface area (Å²) in [7, 11) is 1.76. The summed E-state index contributed by atoms with van der Waals surface area (Å²) in [6.45, 7) is 6.89. The molecule has 1 heterocycles. The Kier molecular flexibility index (Phi) is 6.82. The van der Waals surface area contributed by atoms with Gasteiger partial charge in [0, 0.05) is 17.4 Å². The van der Waals surface area contributed by atoms with E-state index >= 15 is 0 Å². The molecular weight excluding hydrogens is 429 g/mol. The first-order valence-corrected chi connectivity index (χ1v) is 9.88. The number of ether oxygens (including phenoxy) is 1. The molecule has 0 radical (unpaired) electrons. The van der Waals surface area contributed by atoms with Crippen LogP contribution >= 0.6 is 11.8 Å². The van der Waals surface area contributed by atoms with Gasteiger partial charge in [-0.2, -0.15) is 0 Å². The van der Waals surface area contributed by atoms with Crippen LogP contribution in [0.5, 0.6) is 5.75 Å². The fraction of sp³-hybridized carbons (Fsp3) is 0.550. The molecular formula is C20H28INOS. The van der Waals surface area contributed by atoms with Gasteiger partial charge in [0.1, 0.15) is 18.8 Å². The Morgan fingerprint density at radius 2 is 2.17 bits per heavy atom. The Morgan fingerprint density at radius 1 is 1.38 bits per heavy atom. The van der Waals surface area contributed by atoms with Crippen molar-refractivity contribution in [3.63, 3.8) is 0 Å². The molecule has 0 saturated carbocycles. The van der Waals surface area contributed by atoms with Gasteiger partial charge in [-0.25, -0.2) is 4.58 Å². The molecule has 0 aromatic heterocycles. The lowest BCUT2D eigenvalue weighted by Crippen LogP contribution is -3.00. The topological polar surface area (TPSA) is 12.2 Å². The first kappa shape index (κ1) is 19.8. The molecule has 1 aromatic carbocycles. The summed E-state index contributed by atoms with van der Waals surface area (Å²) in [6, 6.07) is 8.75. The molecule has 2 atom stereocenters. The second-order valence-electron chi connectivity index (χ2n) is 6.82. The first-order chi connectivity index (χ1) is 11.1. The van der Waals surface area contributed by atoms with Crippen LogP contribution in [0.3, 0.4) is 0 Å². The average Bonchev–Trinajstić information content (AvgIpc) is 2.60. The highest BCUT2D eigenvalue weighted by Gasteiger charge is 2.47. The number of rotatable bonds is 3. The number of methoxy groups -OCH3 is 1. The van der Waals surface area contributed by atoms with Crippen molar-refractivity contribution >= 4 is 16.8 Å². The zero-order chi connectivity index (χ0) is 16.4. The predicted octanol–water partition coefficient (Wildman–Crippen LogP) is 1.49. The van der Waals surface area contributed by atoms with Gasteiger partial charge in [-0.05, 0) is 49.6 Å². The smallest absolute Gasteiger partial charge is 0.238 e. The lowest BCUT2D eigenvalue weighted by molar-refractivity contribution is -0.526. The third-order valence-corrected chi connectivity index (χ3v) is 6.33.